The van der Waals surface area contributed by atoms with E-state index < -0.39 is 6.10 Å². The molecule has 1 unspecified atom stereocenters. The van der Waals surface area contributed by atoms with E-state index in [1.54, 1.807) is 24.3 Å². The molecule has 82 valence electrons. The quantitative estimate of drug-likeness (QED) is 0.838. The highest BCUT2D eigenvalue weighted by molar-refractivity contribution is 6.30. The molecule has 2 aromatic rings. The molecule has 0 bridgehead atoms. The Morgan fingerprint density at radius 3 is 2.38 bits per heavy atom. The zero-order valence-electron chi connectivity index (χ0n) is 8.47. The van der Waals surface area contributed by atoms with Gasteiger partial charge in [0.2, 0.25) is 0 Å². The number of hydrogen-bond donors (Lipinski definition) is 2. The monoisotopic (exact) mass is 234 g/mol. The van der Waals surface area contributed by atoms with Gasteiger partial charge in [0.15, 0.2) is 0 Å². The van der Waals surface area contributed by atoms with Gasteiger partial charge in [-0.2, -0.15) is 0 Å². The first-order valence-electron chi connectivity index (χ1n) is 4.90. The summed E-state index contributed by atoms with van der Waals surface area (Å²) in [6.07, 6.45) is -0.861. The Labute approximate surface area is 98.7 Å². The molecule has 2 rings (SSSR count). The first kappa shape index (κ1) is 11.0. The van der Waals surface area contributed by atoms with E-state index in [1.807, 2.05) is 18.2 Å². The normalized spacial score (nSPS) is 12.4. The third-order valence-electron chi connectivity index (χ3n) is 2.40. The molecule has 0 aliphatic carbocycles. The van der Waals surface area contributed by atoms with Crippen molar-refractivity contribution >= 4 is 11.6 Å². The van der Waals surface area contributed by atoms with Gasteiger partial charge in [-0.3, -0.25) is 0 Å². The number of aliphatic hydroxyl groups excluding tert-OH is 1. The molecule has 16 heavy (non-hydrogen) atoms. The molecule has 0 aliphatic rings. The van der Waals surface area contributed by atoms with Gasteiger partial charge < -0.3 is 10.2 Å². The van der Waals surface area contributed by atoms with Crippen molar-refractivity contribution in [3.8, 4) is 5.75 Å². The fraction of sp³-hybridized carbons (Fsp3) is 0.0769. The Balaban J connectivity index is 2.41. The molecule has 0 saturated carbocycles. The predicted octanol–water partition coefficient (Wildman–Crippen LogP) is 3.13. The van der Waals surface area contributed by atoms with Crippen LogP contribution in [0.1, 0.15) is 17.2 Å². The molecule has 0 saturated heterocycles. The standard InChI is InChI=1S/C13H11ClO2/c14-10-6-7-12(15)11(8-10)13(16)9-4-2-1-3-5-9/h1-8,13,15-16H. The minimum Gasteiger partial charge on any atom is -0.508 e. The van der Waals surface area contributed by atoms with Crippen LogP contribution < -0.4 is 0 Å². The van der Waals surface area contributed by atoms with Crippen molar-refractivity contribution in [1.82, 2.24) is 0 Å². The van der Waals surface area contributed by atoms with Crippen molar-refractivity contribution in [3.05, 3.63) is 64.7 Å². The second kappa shape index (κ2) is 4.56. The van der Waals surface area contributed by atoms with Crippen molar-refractivity contribution < 1.29 is 10.2 Å². The lowest BCUT2D eigenvalue weighted by Gasteiger charge is -2.13. The number of hydrogen-bond acceptors (Lipinski definition) is 2. The van der Waals surface area contributed by atoms with Crippen molar-refractivity contribution in [1.29, 1.82) is 0 Å². The molecular weight excluding hydrogens is 224 g/mol. The topological polar surface area (TPSA) is 40.5 Å². The molecule has 0 aliphatic heterocycles. The van der Waals surface area contributed by atoms with Gasteiger partial charge in [0.25, 0.3) is 0 Å². The molecule has 2 nitrogen and oxygen atoms in total. The molecule has 0 aromatic heterocycles. The van der Waals surface area contributed by atoms with Crippen LogP contribution in [0.25, 0.3) is 0 Å². The lowest BCUT2D eigenvalue weighted by atomic mass is 10.0. The van der Waals surface area contributed by atoms with E-state index >= 15 is 0 Å². The summed E-state index contributed by atoms with van der Waals surface area (Å²) in [5, 5.41) is 20.2. The summed E-state index contributed by atoms with van der Waals surface area (Å²) in [4.78, 5) is 0. The zero-order valence-corrected chi connectivity index (χ0v) is 9.22. The van der Waals surface area contributed by atoms with E-state index in [4.69, 9.17) is 11.6 Å². The summed E-state index contributed by atoms with van der Waals surface area (Å²) in [6, 6.07) is 13.8. The number of rotatable bonds is 2. The van der Waals surface area contributed by atoms with Crippen molar-refractivity contribution in [2.75, 3.05) is 0 Å². The summed E-state index contributed by atoms with van der Waals surface area (Å²) in [6.45, 7) is 0. The summed E-state index contributed by atoms with van der Waals surface area (Å²) >= 11 is 5.83. The fourth-order valence-corrected chi connectivity index (χ4v) is 1.74. The van der Waals surface area contributed by atoms with Gasteiger partial charge >= 0.3 is 0 Å². The van der Waals surface area contributed by atoms with Gasteiger partial charge in [0.1, 0.15) is 11.9 Å². The molecule has 0 spiro atoms. The molecular formula is C13H11ClO2. The zero-order chi connectivity index (χ0) is 11.5. The van der Waals surface area contributed by atoms with Crippen LogP contribution in [0.15, 0.2) is 48.5 Å². The highest BCUT2D eigenvalue weighted by atomic mass is 35.5. The first-order valence-corrected chi connectivity index (χ1v) is 5.27. The maximum absolute atomic E-state index is 10.1. The van der Waals surface area contributed by atoms with Crippen LogP contribution in [0.4, 0.5) is 0 Å². The van der Waals surface area contributed by atoms with Gasteiger partial charge in [-0.1, -0.05) is 41.9 Å². The second-order valence-electron chi connectivity index (χ2n) is 3.52. The Morgan fingerprint density at radius 2 is 1.69 bits per heavy atom. The molecule has 0 heterocycles. The number of halogens is 1. The average Bonchev–Trinajstić information content (AvgIpc) is 2.32. The van der Waals surface area contributed by atoms with E-state index in [2.05, 4.69) is 0 Å². The van der Waals surface area contributed by atoms with Gasteiger partial charge in [-0.25, -0.2) is 0 Å². The number of phenolic OH excluding ortho intramolecular Hbond substituents is 1. The summed E-state index contributed by atoms with van der Waals surface area (Å²) < 4.78 is 0. The number of aromatic hydroxyl groups is 1. The first-order chi connectivity index (χ1) is 7.68. The lowest BCUT2D eigenvalue weighted by Crippen LogP contribution is -1.99. The lowest BCUT2D eigenvalue weighted by molar-refractivity contribution is 0.215. The van der Waals surface area contributed by atoms with Crippen LogP contribution in [0.2, 0.25) is 5.02 Å². The smallest absolute Gasteiger partial charge is 0.121 e. The molecule has 0 radical (unpaired) electrons. The molecule has 2 N–H and O–H groups in total. The highest BCUT2D eigenvalue weighted by Gasteiger charge is 2.14. The Bertz CT molecular complexity index is 483. The van der Waals surface area contributed by atoms with Crippen LogP contribution in [-0.4, -0.2) is 10.2 Å². The van der Waals surface area contributed by atoms with E-state index in [9.17, 15) is 10.2 Å². The molecule has 0 fully saturated rings. The maximum Gasteiger partial charge on any atom is 0.121 e. The number of aliphatic hydroxyl groups is 1. The molecule has 2 aromatic carbocycles. The minimum absolute atomic E-state index is 0.0424. The Hall–Kier alpha value is -1.51. The highest BCUT2D eigenvalue weighted by Crippen LogP contribution is 2.31. The van der Waals surface area contributed by atoms with Gasteiger partial charge in [0, 0.05) is 10.6 Å². The molecule has 0 amide bonds. The largest absolute Gasteiger partial charge is 0.508 e. The minimum atomic E-state index is -0.861. The van der Waals surface area contributed by atoms with Crippen LogP contribution in [0.3, 0.4) is 0 Å². The van der Waals surface area contributed by atoms with Crippen molar-refractivity contribution in [2.45, 2.75) is 6.10 Å². The van der Waals surface area contributed by atoms with Crippen LogP contribution in [-0.2, 0) is 0 Å². The maximum atomic E-state index is 10.1. The Kier molecular flexibility index (Phi) is 3.13. The van der Waals surface area contributed by atoms with Crippen molar-refractivity contribution in [3.63, 3.8) is 0 Å². The van der Waals surface area contributed by atoms with Crippen LogP contribution in [0, 0.1) is 0 Å². The third kappa shape index (κ3) is 2.18. The van der Waals surface area contributed by atoms with E-state index in [-0.39, 0.29) is 5.75 Å². The second-order valence-corrected chi connectivity index (χ2v) is 3.95. The van der Waals surface area contributed by atoms with Crippen molar-refractivity contribution in [2.24, 2.45) is 0 Å². The number of phenols is 1. The number of benzene rings is 2. The Morgan fingerprint density at radius 1 is 1.00 bits per heavy atom. The third-order valence-corrected chi connectivity index (χ3v) is 2.63. The molecule has 3 heteroatoms. The van der Waals surface area contributed by atoms with Crippen LogP contribution in [0.5, 0.6) is 5.75 Å². The van der Waals surface area contributed by atoms with Crippen LogP contribution >= 0.6 is 11.6 Å². The predicted molar refractivity (Wildman–Crippen MR) is 63.6 cm³/mol. The summed E-state index contributed by atoms with van der Waals surface area (Å²) in [7, 11) is 0. The molecule has 1 atom stereocenters. The van der Waals surface area contributed by atoms with Gasteiger partial charge in [-0.15, -0.1) is 0 Å². The SMILES string of the molecule is Oc1ccc(Cl)cc1C(O)c1ccccc1. The fourth-order valence-electron chi connectivity index (χ4n) is 1.56. The summed E-state index contributed by atoms with van der Waals surface area (Å²) in [5.74, 6) is 0.0424. The average molecular weight is 235 g/mol. The summed E-state index contributed by atoms with van der Waals surface area (Å²) in [5.41, 5.74) is 1.14. The van der Waals surface area contributed by atoms with E-state index in [0.29, 0.717) is 10.6 Å². The van der Waals surface area contributed by atoms with Gasteiger partial charge in [-0.05, 0) is 23.8 Å². The van der Waals surface area contributed by atoms with E-state index in [0.717, 1.165) is 5.56 Å². The van der Waals surface area contributed by atoms with Gasteiger partial charge in [0.05, 0.1) is 0 Å². The van der Waals surface area contributed by atoms with E-state index in [1.165, 1.54) is 6.07 Å².